The number of rotatable bonds is 4. The summed E-state index contributed by atoms with van der Waals surface area (Å²) in [4.78, 5) is 33.2. The zero-order valence-corrected chi connectivity index (χ0v) is 16.4. The molecule has 0 radical (unpaired) electrons. The first-order valence-electron chi connectivity index (χ1n) is 9.22. The number of nitrogens with zero attached hydrogens (tertiary/aromatic N) is 2. The maximum atomic E-state index is 12.3. The van der Waals surface area contributed by atoms with Gasteiger partial charge in [0.05, 0.1) is 11.9 Å². The molecule has 0 unspecified atom stereocenters. The SMILES string of the molecule is CC(C)(C)c1cc(NC(=O)Cc2ccc(-c3cnc4[nH]c(=O)[nH]c4c3)cc2)no1. The van der Waals surface area contributed by atoms with Crippen LogP contribution in [0.1, 0.15) is 32.1 Å². The van der Waals surface area contributed by atoms with Gasteiger partial charge in [0.15, 0.2) is 11.5 Å². The van der Waals surface area contributed by atoms with Gasteiger partial charge in [-0.05, 0) is 17.2 Å². The van der Waals surface area contributed by atoms with Crippen LogP contribution in [-0.4, -0.2) is 26.0 Å². The second-order valence-corrected chi connectivity index (χ2v) is 7.95. The summed E-state index contributed by atoms with van der Waals surface area (Å²) in [6.07, 6.45) is 1.92. The van der Waals surface area contributed by atoms with Gasteiger partial charge in [-0.15, -0.1) is 0 Å². The number of H-pyrrole nitrogens is 2. The standard InChI is InChI=1S/C21H21N5O3/c1-21(2,3)16-10-17(26-29-16)24-18(27)8-12-4-6-13(7-5-12)14-9-15-19(22-11-14)25-20(28)23-15/h4-7,9-11H,8H2,1-3H3,(H,24,26,27)(H2,22,23,25,28). The van der Waals surface area contributed by atoms with E-state index in [4.69, 9.17) is 4.52 Å². The van der Waals surface area contributed by atoms with Crippen molar-refractivity contribution in [2.24, 2.45) is 0 Å². The number of fused-ring (bicyclic) bond motifs is 1. The molecule has 1 amide bonds. The number of imidazole rings is 1. The number of aromatic nitrogens is 4. The van der Waals surface area contributed by atoms with E-state index in [0.717, 1.165) is 16.7 Å². The molecule has 0 aliphatic heterocycles. The van der Waals surface area contributed by atoms with Gasteiger partial charge in [-0.2, -0.15) is 0 Å². The van der Waals surface area contributed by atoms with Gasteiger partial charge in [-0.1, -0.05) is 50.2 Å². The third-order valence-electron chi connectivity index (χ3n) is 4.54. The summed E-state index contributed by atoms with van der Waals surface area (Å²) in [6.45, 7) is 6.05. The van der Waals surface area contributed by atoms with Crippen molar-refractivity contribution in [3.8, 4) is 11.1 Å². The molecule has 3 N–H and O–H groups in total. The Morgan fingerprint density at radius 1 is 1.10 bits per heavy atom. The maximum absolute atomic E-state index is 12.3. The largest absolute Gasteiger partial charge is 0.359 e. The Morgan fingerprint density at radius 3 is 2.55 bits per heavy atom. The van der Waals surface area contributed by atoms with Gasteiger partial charge in [-0.3, -0.25) is 9.78 Å². The molecule has 0 fully saturated rings. The molecule has 1 aromatic carbocycles. The Bertz CT molecular complexity index is 1230. The number of hydrogen-bond acceptors (Lipinski definition) is 5. The molecule has 8 heteroatoms. The van der Waals surface area contributed by atoms with E-state index in [2.05, 4.69) is 25.4 Å². The number of pyridine rings is 1. The lowest BCUT2D eigenvalue weighted by molar-refractivity contribution is -0.115. The molecular weight excluding hydrogens is 370 g/mol. The minimum absolute atomic E-state index is 0.167. The average molecular weight is 391 g/mol. The highest BCUT2D eigenvalue weighted by molar-refractivity contribution is 5.91. The van der Waals surface area contributed by atoms with E-state index in [-0.39, 0.29) is 23.4 Å². The molecule has 8 nitrogen and oxygen atoms in total. The quantitative estimate of drug-likeness (QED) is 0.493. The van der Waals surface area contributed by atoms with E-state index in [9.17, 15) is 9.59 Å². The van der Waals surface area contributed by atoms with Crippen LogP contribution in [0.2, 0.25) is 0 Å². The van der Waals surface area contributed by atoms with Crippen LogP contribution in [0, 0.1) is 0 Å². The van der Waals surface area contributed by atoms with Gasteiger partial charge in [0.1, 0.15) is 5.76 Å². The molecule has 3 aromatic heterocycles. The number of amides is 1. The zero-order valence-electron chi connectivity index (χ0n) is 16.4. The lowest BCUT2D eigenvalue weighted by Crippen LogP contribution is -2.14. The first kappa shape index (κ1) is 18.7. The molecule has 4 aromatic rings. The molecule has 0 aliphatic carbocycles. The van der Waals surface area contributed by atoms with Crippen molar-refractivity contribution in [3.05, 3.63) is 64.4 Å². The summed E-state index contributed by atoms with van der Waals surface area (Å²) in [5.74, 6) is 0.961. The lowest BCUT2D eigenvalue weighted by atomic mass is 9.93. The van der Waals surface area contributed by atoms with Gasteiger partial charge in [0.25, 0.3) is 0 Å². The molecule has 0 spiro atoms. The summed E-state index contributed by atoms with van der Waals surface area (Å²) >= 11 is 0. The van der Waals surface area contributed by atoms with Gasteiger partial charge in [-0.25, -0.2) is 9.78 Å². The number of carbonyl (C=O) groups excluding carboxylic acids is 1. The molecule has 0 saturated heterocycles. The van der Waals surface area contributed by atoms with Crippen LogP contribution in [0.25, 0.3) is 22.3 Å². The molecule has 29 heavy (non-hydrogen) atoms. The fraction of sp³-hybridized carbons (Fsp3) is 0.238. The summed E-state index contributed by atoms with van der Waals surface area (Å²) in [5.41, 5.74) is 3.41. The van der Waals surface area contributed by atoms with Crippen LogP contribution >= 0.6 is 0 Å². The summed E-state index contributed by atoms with van der Waals surface area (Å²) < 4.78 is 5.28. The molecule has 0 aliphatic rings. The predicted molar refractivity (Wildman–Crippen MR) is 110 cm³/mol. The number of benzene rings is 1. The minimum atomic E-state index is -0.284. The highest BCUT2D eigenvalue weighted by Gasteiger charge is 2.20. The molecule has 0 saturated carbocycles. The summed E-state index contributed by atoms with van der Waals surface area (Å²) in [6, 6.07) is 11.2. The Hall–Kier alpha value is -3.68. The summed E-state index contributed by atoms with van der Waals surface area (Å²) in [7, 11) is 0. The van der Waals surface area contributed by atoms with Crippen molar-refractivity contribution in [1.82, 2.24) is 20.1 Å². The minimum Gasteiger partial charge on any atom is -0.359 e. The van der Waals surface area contributed by atoms with E-state index in [1.807, 2.05) is 51.1 Å². The van der Waals surface area contributed by atoms with Gasteiger partial charge in [0, 0.05) is 23.2 Å². The van der Waals surface area contributed by atoms with Crippen LogP contribution in [0.3, 0.4) is 0 Å². The molecular formula is C21H21N5O3. The van der Waals surface area contributed by atoms with E-state index < -0.39 is 0 Å². The van der Waals surface area contributed by atoms with Crippen LogP contribution in [-0.2, 0) is 16.6 Å². The Labute approximate surface area is 166 Å². The smallest absolute Gasteiger partial charge is 0.325 e. The first-order valence-corrected chi connectivity index (χ1v) is 9.22. The fourth-order valence-electron chi connectivity index (χ4n) is 2.95. The molecule has 0 bridgehead atoms. The lowest BCUT2D eigenvalue weighted by Gasteiger charge is -2.12. The topological polar surface area (TPSA) is 117 Å². The van der Waals surface area contributed by atoms with Gasteiger partial charge < -0.3 is 14.8 Å². The number of aromatic amines is 2. The van der Waals surface area contributed by atoms with Gasteiger partial charge >= 0.3 is 5.69 Å². The average Bonchev–Trinajstić information content (AvgIpc) is 3.27. The third-order valence-corrected chi connectivity index (χ3v) is 4.54. The third kappa shape index (κ3) is 4.11. The highest BCUT2D eigenvalue weighted by atomic mass is 16.5. The van der Waals surface area contributed by atoms with Crippen LogP contribution in [0.4, 0.5) is 5.82 Å². The van der Waals surface area contributed by atoms with Crippen LogP contribution < -0.4 is 11.0 Å². The van der Waals surface area contributed by atoms with E-state index >= 15 is 0 Å². The first-order chi connectivity index (χ1) is 13.8. The maximum Gasteiger partial charge on any atom is 0.325 e. The van der Waals surface area contributed by atoms with Crippen LogP contribution in [0.5, 0.6) is 0 Å². The number of anilines is 1. The zero-order chi connectivity index (χ0) is 20.6. The fourth-order valence-corrected chi connectivity index (χ4v) is 2.95. The van der Waals surface area contributed by atoms with Gasteiger partial charge in [0.2, 0.25) is 5.91 Å². The molecule has 148 valence electrons. The van der Waals surface area contributed by atoms with E-state index in [1.54, 1.807) is 12.3 Å². The molecule has 0 atom stereocenters. The van der Waals surface area contributed by atoms with Crippen molar-refractivity contribution in [1.29, 1.82) is 0 Å². The Morgan fingerprint density at radius 2 is 1.86 bits per heavy atom. The highest BCUT2D eigenvalue weighted by Crippen LogP contribution is 2.25. The molecule has 3 heterocycles. The number of carbonyl (C=O) groups is 1. The monoisotopic (exact) mass is 391 g/mol. The Kier molecular flexibility index (Phi) is 4.54. The van der Waals surface area contributed by atoms with E-state index in [1.165, 1.54) is 0 Å². The second kappa shape index (κ2) is 7.05. The van der Waals surface area contributed by atoms with Crippen molar-refractivity contribution in [2.75, 3.05) is 5.32 Å². The van der Waals surface area contributed by atoms with Crippen molar-refractivity contribution in [2.45, 2.75) is 32.6 Å². The normalized spacial score (nSPS) is 11.7. The summed E-state index contributed by atoms with van der Waals surface area (Å²) in [5, 5.41) is 6.66. The van der Waals surface area contributed by atoms with Crippen molar-refractivity contribution in [3.63, 3.8) is 0 Å². The number of nitrogens with one attached hydrogen (secondary N) is 3. The van der Waals surface area contributed by atoms with E-state index in [0.29, 0.717) is 22.7 Å². The second-order valence-electron chi connectivity index (χ2n) is 7.95. The number of hydrogen-bond donors (Lipinski definition) is 3. The Balaban J connectivity index is 1.44. The van der Waals surface area contributed by atoms with Crippen molar-refractivity contribution < 1.29 is 9.32 Å². The molecule has 4 rings (SSSR count). The predicted octanol–water partition coefficient (Wildman–Crippen LogP) is 3.38. The van der Waals surface area contributed by atoms with Crippen LogP contribution in [0.15, 0.2) is 51.9 Å². The van der Waals surface area contributed by atoms with Crippen molar-refractivity contribution >= 4 is 22.9 Å².